The first-order valence-electron chi connectivity index (χ1n) is 15.4. The molecule has 5 heterocycles. The van der Waals surface area contributed by atoms with Crippen LogP contribution in [0.1, 0.15) is 51.4 Å². The molecule has 0 aromatic carbocycles. The van der Waals surface area contributed by atoms with E-state index in [9.17, 15) is 0 Å². The molecule has 3 aliphatic carbocycles. The number of thioether (sulfide) groups is 1. The van der Waals surface area contributed by atoms with Crippen molar-refractivity contribution in [1.82, 2.24) is 15.5 Å². The third kappa shape index (κ3) is 4.35. The molecule has 6 unspecified atom stereocenters. The Morgan fingerprint density at radius 2 is 2.00 bits per heavy atom. The van der Waals surface area contributed by atoms with Crippen molar-refractivity contribution < 1.29 is 0 Å². The van der Waals surface area contributed by atoms with Gasteiger partial charge in [-0.05, 0) is 84.8 Å². The number of hydrogen-bond acceptors (Lipinski definition) is 6. The second-order valence-electron chi connectivity index (χ2n) is 12.2. The monoisotopic (exact) mass is 549 g/mol. The molecule has 40 heavy (non-hydrogen) atoms. The topological polar surface area (TPSA) is 52.0 Å². The molecule has 6 atom stereocenters. The smallest absolute Gasteiger partial charge is 0.107 e. The Bertz CT molecular complexity index is 1380. The summed E-state index contributed by atoms with van der Waals surface area (Å²) in [5, 5.41) is 7.32. The molecule has 0 radical (unpaired) electrons. The predicted octanol–water partition coefficient (Wildman–Crippen LogP) is 6.31. The van der Waals surface area contributed by atoms with E-state index < -0.39 is 0 Å². The SMILES string of the molecule is C1=CC2=C(CC1)N(C1=CC=C(C3=NC(C4C=CN=CC4)NC(C4C=CNCC4)C3)CC1)C1C=CC3=C(SCC3)C21. The highest BCUT2D eigenvalue weighted by molar-refractivity contribution is 8.03. The number of hydrogen-bond donors (Lipinski definition) is 2. The van der Waals surface area contributed by atoms with Crippen LogP contribution in [0, 0.1) is 17.8 Å². The van der Waals surface area contributed by atoms with E-state index in [2.05, 4.69) is 87.1 Å². The standard InChI is InChI=1S/C34H39N5S/c1-2-4-30-27(3-1)32-31(10-7-24-15-20-40-33(24)32)39(30)26-8-5-22(6-9-26)28-21-29(23-11-16-35-17-12-23)38-34(37-28)25-13-18-36-19-14-25/h1,3,5,7-8,10-11,13,16,18-19,23,25,29,31-32,34-35,38H,2,4,6,9,12,14-15,17,20-21H2. The lowest BCUT2D eigenvalue weighted by Gasteiger charge is -2.39. The Hall–Kier alpha value is -2.83. The van der Waals surface area contributed by atoms with E-state index in [4.69, 9.17) is 4.99 Å². The molecule has 0 amide bonds. The van der Waals surface area contributed by atoms with Gasteiger partial charge in [-0.25, -0.2) is 0 Å². The van der Waals surface area contributed by atoms with Crippen LogP contribution in [0.5, 0.6) is 0 Å². The number of aliphatic imine (C=N–C) groups is 2. The molecule has 8 rings (SSSR count). The summed E-state index contributed by atoms with van der Waals surface area (Å²) in [5.74, 6) is 2.69. The van der Waals surface area contributed by atoms with Crippen LogP contribution in [0.3, 0.4) is 0 Å². The largest absolute Gasteiger partial charge is 0.391 e. The number of allylic oxidation sites excluding steroid dienone is 9. The maximum absolute atomic E-state index is 5.37. The summed E-state index contributed by atoms with van der Waals surface area (Å²) in [7, 11) is 0. The number of rotatable bonds is 4. The maximum Gasteiger partial charge on any atom is 0.107 e. The summed E-state index contributed by atoms with van der Waals surface area (Å²) in [6.07, 6.45) is 34.4. The molecule has 0 saturated carbocycles. The summed E-state index contributed by atoms with van der Waals surface area (Å²) in [6, 6.07) is 0.865. The van der Waals surface area contributed by atoms with Gasteiger partial charge in [-0.2, -0.15) is 0 Å². The van der Waals surface area contributed by atoms with Crippen molar-refractivity contribution in [2.24, 2.45) is 27.7 Å². The van der Waals surface area contributed by atoms with Crippen LogP contribution < -0.4 is 10.6 Å². The zero-order valence-electron chi connectivity index (χ0n) is 23.1. The van der Waals surface area contributed by atoms with E-state index in [-0.39, 0.29) is 6.17 Å². The maximum atomic E-state index is 5.37. The van der Waals surface area contributed by atoms with Gasteiger partial charge in [0.15, 0.2) is 0 Å². The summed E-state index contributed by atoms with van der Waals surface area (Å²) in [5.41, 5.74) is 9.01. The van der Waals surface area contributed by atoms with E-state index >= 15 is 0 Å². The highest BCUT2D eigenvalue weighted by Crippen LogP contribution is 2.53. The van der Waals surface area contributed by atoms with Gasteiger partial charge in [0.2, 0.25) is 0 Å². The fourth-order valence-corrected chi connectivity index (χ4v) is 9.28. The second kappa shape index (κ2) is 10.5. The van der Waals surface area contributed by atoms with Gasteiger partial charge in [-0.3, -0.25) is 15.3 Å². The molecular formula is C34H39N5S. The van der Waals surface area contributed by atoms with Gasteiger partial charge in [0.05, 0.1) is 6.04 Å². The Kier molecular flexibility index (Phi) is 6.56. The molecule has 0 saturated heterocycles. The minimum absolute atomic E-state index is 0.117. The van der Waals surface area contributed by atoms with E-state index in [1.54, 1.807) is 21.7 Å². The van der Waals surface area contributed by atoms with Gasteiger partial charge in [-0.15, -0.1) is 11.8 Å². The van der Waals surface area contributed by atoms with E-state index in [1.165, 1.54) is 35.6 Å². The van der Waals surface area contributed by atoms with Gasteiger partial charge < -0.3 is 10.2 Å². The number of nitrogens with zero attached hydrogens (tertiary/aromatic N) is 3. The molecule has 0 aromatic rings. The fraction of sp³-hybridized carbons (Fsp3) is 0.471. The van der Waals surface area contributed by atoms with Gasteiger partial charge in [-0.1, -0.05) is 42.5 Å². The molecule has 0 spiro atoms. The molecule has 206 valence electrons. The Morgan fingerprint density at radius 3 is 2.85 bits per heavy atom. The van der Waals surface area contributed by atoms with E-state index in [0.717, 1.165) is 45.1 Å². The van der Waals surface area contributed by atoms with Crippen LogP contribution in [-0.4, -0.2) is 47.4 Å². The molecule has 0 aromatic heterocycles. The predicted molar refractivity (Wildman–Crippen MR) is 167 cm³/mol. The van der Waals surface area contributed by atoms with Crippen molar-refractivity contribution >= 4 is 23.7 Å². The lowest BCUT2D eigenvalue weighted by molar-refractivity contribution is 0.300. The van der Waals surface area contributed by atoms with Crippen LogP contribution in [0.15, 0.2) is 104 Å². The van der Waals surface area contributed by atoms with Crippen molar-refractivity contribution in [2.45, 2.75) is 69.6 Å². The third-order valence-corrected chi connectivity index (χ3v) is 11.2. The minimum Gasteiger partial charge on any atom is -0.391 e. The molecule has 6 heteroatoms. The summed E-state index contributed by atoms with van der Waals surface area (Å²) in [6.45, 7) is 1.05. The molecular weight excluding hydrogens is 510 g/mol. The van der Waals surface area contributed by atoms with Crippen molar-refractivity contribution in [2.75, 3.05) is 12.3 Å². The summed E-state index contributed by atoms with van der Waals surface area (Å²) in [4.78, 5) is 14.1. The summed E-state index contributed by atoms with van der Waals surface area (Å²) < 4.78 is 0. The first-order chi connectivity index (χ1) is 19.8. The molecule has 0 fully saturated rings. The van der Waals surface area contributed by atoms with Gasteiger partial charge in [0.25, 0.3) is 0 Å². The van der Waals surface area contributed by atoms with Crippen LogP contribution in [0.2, 0.25) is 0 Å². The quantitative estimate of drug-likeness (QED) is 0.431. The Balaban J connectivity index is 1.09. The fourth-order valence-electron chi connectivity index (χ4n) is 7.93. The molecule has 5 aliphatic heterocycles. The van der Waals surface area contributed by atoms with Gasteiger partial charge in [0, 0.05) is 66.1 Å². The summed E-state index contributed by atoms with van der Waals surface area (Å²) >= 11 is 2.11. The zero-order chi connectivity index (χ0) is 26.5. The first kappa shape index (κ1) is 24.9. The molecule has 0 bridgehead atoms. The number of nitrogens with one attached hydrogen (secondary N) is 2. The van der Waals surface area contributed by atoms with Crippen LogP contribution in [-0.2, 0) is 0 Å². The van der Waals surface area contributed by atoms with Gasteiger partial charge in [0.1, 0.15) is 6.17 Å². The average Bonchev–Trinajstić information content (AvgIpc) is 3.64. The van der Waals surface area contributed by atoms with Crippen molar-refractivity contribution in [3.63, 3.8) is 0 Å². The Morgan fingerprint density at radius 1 is 1.00 bits per heavy atom. The third-order valence-electron chi connectivity index (χ3n) is 9.97. The first-order valence-corrected chi connectivity index (χ1v) is 16.4. The molecule has 5 nitrogen and oxygen atoms in total. The van der Waals surface area contributed by atoms with Gasteiger partial charge >= 0.3 is 0 Å². The highest BCUT2D eigenvalue weighted by Gasteiger charge is 2.45. The van der Waals surface area contributed by atoms with Crippen molar-refractivity contribution in [3.8, 4) is 0 Å². The van der Waals surface area contributed by atoms with Crippen LogP contribution in [0.25, 0.3) is 0 Å². The van der Waals surface area contributed by atoms with Crippen LogP contribution in [0.4, 0.5) is 0 Å². The van der Waals surface area contributed by atoms with E-state index in [0.29, 0.717) is 29.8 Å². The lowest BCUT2D eigenvalue weighted by atomic mass is 9.84. The lowest BCUT2D eigenvalue weighted by Crippen LogP contribution is -2.50. The average molecular weight is 550 g/mol. The van der Waals surface area contributed by atoms with Crippen molar-refractivity contribution in [3.05, 3.63) is 94.0 Å². The minimum atomic E-state index is 0.117. The molecule has 2 N–H and O–H groups in total. The van der Waals surface area contributed by atoms with Crippen molar-refractivity contribution in [1.29, 1.82) is 0 Å². The van der Waals surface area contributed by atoms with E-state index in [1.807, 2.05) is 12.4 Å². The highest BCUT2D eigenvalue weighted by atomic mass is 32.2. The number of fused-ring (bicyclic) bond motifs is 3. The zero-order valence-corrected chi connectivity index (χ0v) is 24.0. The van der Waals surface area contributed by atoms with Crippen LogP contribution >= 0.6 is 11.8 Å². The second-order valence-corrected chi connectivity index (χ2v) is 13.4. The normalized spacial score (nSPS) is 36.2. The Labute approximate surface area is 242 Å². The molecule has 8 aliphatic rings.